The average Bonchev–Trinajstić information content (AvgIpc) is 2.48. The second kappa shape index (κ2) is 7.14. The Morgan fingerprint density at radius 3 is 2.67 bits per heavy atom. The van der Waals surface area contributed by atoms with Crippen LogP contribution >= 0.6 is 0 Å². The van der Waals surface area contributed by atoms with Gasteiger partial charge in [0.15, 0.2) is 0 Å². The highest BCUT2D eigenvalue weighted by Gasteiger charge is 2.13. The summed E-state index contributed by atoms with van der Waals surface area (Å²) >= 11 is 0. The maximum Gasteiger partial charge on any atom is 0.313 e. The van der Waals surface area contributed by atoms with Gasteiger partial charge >= 0.3 is 11.8 Å². The van der Waals surface area contributed by atoms with Crippen LogP contribution in [-0.4, -0.2) is 23.3 Å². The fourth-order valence-electron chi connectivity index (χ4n) is 1.68. The Hall–Kier alpha value is -2.76. The van der Waals surface area contributed by atoms with Crippen molar-refractivity contribution in [2.45, 2.75) is 6.42 Å². The molecule has 0 fully saturated rings. The summed E-state index contributed by atoms with van der Waals surface area (Å²) in [5.41, 5.74) is 1.06. The van der Waals surface area contributed by atoms with Crippen molar-refractivity contribution in [2.24, 2.45) is 0 Å². The summed E-state index contributed by atoms with van der Waals surface area (Å²) in [7, 11) is 0. The van der Waals surface area contributed by atoms with Crippen LogP contribution in [0.15, 0.2) is 48.7 Å². The van der Waals surface area contributed by atoms with E-state index in [0.29, 0.717) is 13.0 Å². The van der Waals surface area contributed by atoms with Crippen LogP contribution in [0.2, 0.25) is 0 Å². The third-order valence-electron chi connectivity index (χ3n) is 2.68. The van der Waals surface area contributed by atoms with E-state index < -0.39 is 17.6 Å². The Morgan fingerprint density at radius 1 is 1.10 bits per heavy atom. The van der Waals surface area contributed by atoms with Crippen molar-refractivity contribution in [1.29, 1.82) is 0 Å². The molecule has 6 heteroatoms. The van der Waals surface area contributed by atoms with Crippen molar-refractivity contribution in [2.75, 3.05) is 11.9 Å². The number of nitrogens with zero attached hydrogens (tertiary/aromatic N) is 1. The van der Waals surface area contributed by atoms with Crippen molar-refractivity contribution in [3.05, 3.63) is 60.2 Å². The van der Waals surface area contributed by atoms with Gasteiger partial charge in [-0.2, -0.15) is 0 Å². The smallest absolute Gasteiger partial charge is 0.313 e. The molecule has 2 amide bonds. The Labute approximate surface area is 121 Å². The van der Waals surface area contributed by atoms with Gasteiger partial charge in [0.25, 0.3) is 0 Å². The van der Waals surface area contributed by atoms with Crippen LogP contribution in [0.5, 0.6) is 0 Å². The van der Waals surface area contributed by atoms with Crippen molar-refractivity contribution in [1.82, 2.24) is 10.3 Å². The lowest BCUT2D eigenvalue weighted by molar-refractivity contribution is -0.136. The molecule has 0 atom stereocenters. The molecule has 1 aromatic carbocycles. The molecule has 2 N–H and O–H groups in total. The first-order valence-electron chi connectivity index (χ1n) is 6.40. The zero-order valence-corrected chi connectivity index (χ0v) is 11.2. The normalized spacial score (nSPS) is 9.95. The number of rotatable bonds is 4. The monoisotopic (exact) mass is 287 g/mol. The van der Waals surface area contributed by atoms with Crippen molar-refractivity contribution in [3.63, 3.8) is 0 Å². The van der Waals surface area contributed by atoms with Gasteiger partial charge in [-0.05, 0) is 30.3 Å². The molecule has 1 aromatic heterocycles. The molecular formula is C15H14FN3O2. The van der Waals surface area contributed by atoms with Gasteiger partial charge in [-0.1, -0.05) is 12.1 Å². The van der Waals surface area contributed by atoms with E-state index in [9.17, 15) is 14.0 Å². The highest BCUT2D eigenvalue weighted by molar-refractivity contribution is 6.39. The number of pyridine rings is 1. The minimum absolute atomic E-state index is 0.236. The average molecular weight is 287 g/mol. The summed E-state index contributed by atoms with van der Waals surface area (Å²) in [6, 6.07) is 10.8. The number of nitrogens with one attached hydrogen (secondary N) is 2. The summed E-state index contributed by atoms with van der Waals surface area (Å²) in [5, 5.41) is 4.81. The number of anilines is 1. The molecule has 0 aliphatic rings. The number of hydrogen-bond donors (Lipinski definition) is 2. The minimum Gasteiger partial charge on any atom is -0.347 e. The van der Waals surface area contributed by atoms with E-state index in [-0.39, 0.29) is 5.69 Å². The number of benzene rings is 1. The van der Waals surface area contributed by atoms with E-state index in [4.69, 9.17) is 0 Å². The van der Waals surface area contributed by atoms with Gasteiger partial charge in [-0.25, -0.2) is 4.39 Å². The van der Waals surface area contributed by atoms with Gasteiger partial charge in [0.1, 0.15) is 5.82 Å². The topological polar surface area (TPSA) is 71.1 Å². The van der Waals surface area contributed by atoms with Gasteiger partial charge in [-0.3, -0.25) is 14.6 Å². The molecule has 0 radical (unpaired) electrons. The minimum atomic E-state index is -0.832. The number of carbonyl (C=O) groups excluding carboxylic acids is 2. The van der Waals surface area contributed by atoms with Gasteiger partial charge in [0.05, 0.1) is 0 Å². The predicted molar refractivity (Wildman–Crippen MR) is 76.0 cm³/mol. The molecule has 0 aliphatic heterocycles. The van der Waals surface area contributed by atoms with Gasteiger partial charge in [0, 0.05) is 30.5 Å². The van der Waals surface area contributed by atoms with Crippen molar-refractivity contribution < 1.29 is 14.0 Å². The molecule has 2 rings (SSSR count). The van der Waals surface area contributed by atoms with Gasteiger partial charge in [0.2, 0.25) is 0 Å². The lowest BCUT2D eigenvalue weighted by atomic mass is 10.2. The first-order valence-corrected chi connectivity index (χ1v) is 6.40. The zero-order chi connectivity index (χ0) is 15.1. The quantitative estimate of drug-likeness (QED) is 0.838. The van der Waals surface area contributed by atoms with Crippen LogP contribution in [0.1, 0.15) is 5.69 Å². The first kappa shape index (κ1) is 14.6. The van der Waals surface area contributed by atoms with Gasteiger partial charge in [-0.15, -0.1) is 0 Å². The molecule has 2 aromatic rings. The molecule has 0 saturated carbocycles. The highest BCUT2D eigenvalue weighted by atomic mass is 19.1. The first-order chi connectivity index (χ1) is 10.1. The largest absolute Gasteiger partial charge is 0.347 e. The van der Waals surface area contributed by atoms with E-state index in [1.54, 1.807) is 12.3 Å². The van der Waals surface area contributed by atoms with Crippen LogP contribution in [0.4, 0.5) is 10.1 Å². The van der Waals surface area contributed by atoms with E-state index in [0.717, 1.165) is 11.8 Å². The summed E-state index contributed by atoms with van der Waals surface area (Å²) in [6.07, 6.45) is 2.19. The molecule has 21 heavy (non-hydrogen) atoms. The standard InChI is InChI=1S/C15H14FN3O2/c16-11-4-3-6-13(10-11)19-15(21)14(20)18-9-7-12-5-1-2-8-17-12/h1-6,8,10H,7,9H2,(H,18,20)(H,19,21). The number of carbonyl (C=O) groups is 2. The third kappa shape index (κ3) is 4.68. The third-order valence-corrected chi connectivity index (χ3v) is 2.68. The van der Waals surface area contributed by atoms with E-state index in [2.05, 4.69) is 15.6 Å². The summed E-state index contributed by atoms with van der Waals surface area (Å²) < 4.78 is 13.0. The number of amides is 2. The molecule has 0 aliphatic carbocycles. The van der Waals surface area contributed by atoms with Crippen molar-refractivity contribution >= 4 is 17.5 Å². The Bertz CT molecular complexity index is 632. The summed E-state index contributed by atoms with van der Waals surface area (Å²) in [4.78, 5) is 27.3. The fraction of sp³-hybridized carbons (Fsp3) is 0.133. The van der Waals surface area contributed by atoms with Crippen LogP contribution in [0.25, 0.3) is 0 Å². The number of aromatic nitrogens is 1. The van der Waals surface area contributed by atoms with Crippen LogP contribution < -0.4 is 10.6 Å². The Kier molecular flexibility index (Phi) is 4.98. The highest BCUT2D eigenvalue weighted by Crippen LogP contribution is 2.08. The Balaban J connectivity index is 1.79. The molecule has 0 saturated heterocycles. The maximum absolute atomic E-state index is 13.0. The SMILES string of the molecule is O=C(NCCc1ccccn1)C(=O)Nc1cccc(F)c1. The molecular weight excluding hydrogens is 273 g/mol. The van der Waals surface area contributed by atoms with Crippen LogP contribution in [-0.2, 0) is 16.0 Å². The molecule has 0 bridgehead atoms. The van der Waals surface area contributed by atoms with E-state index >= 15 is 0 Å². The molecule has 0 spiro atoms. The molecule has 1 heterocycles. The maximum atomic E-state index is 13.0. The fourth-order valence-corrected chi connectivity index (χ4v) is 1.68. The summed E-state index contributed by atoms with van der Waals surface area (Å²) in [6.45, 7) is 0.298. The second-order valence-electron chi connectivity index (χ2n) is 4.29. The molecule has 0 unspecified atom stereocenters. The van der Waals surface area contributed by atoms with E-state index in [1.165, 1.54) is 18.2 Å². The predicted octanol–water partition coefficient (Wildman–Crippen LogP) is 1.52. The van der Waals surface area contributed by atoms with Crippen LogP contribution in [0, 0.1) is 5.82 Å². The van der Waals surface area contributed by atoms with Crippen LogP contribution in [0.3, 0.4) is 0 Å². The van der Waals surface area contributed by atoms with E-state index in [1.807, 2.05) is 12.1 Å². The molecule has 108 valence electrons. The molecule has 5 nitrogen and oxygen atoms in total. The summed E-state index contributed by atoms with van der Waals surface area (Å²) in [5.74, 6) is -2.08. The zero-order valence-electron chi connectivity index (χ0n) is 11.2. The second-order valence-corrected chi connectivity index (χ2v) is 4.29. The number of halogens is 1. The number of hydrogen-bond acceptors (Lipinski definition) is 3. The Morgan fingerprint density at radius 2 is 1.95 bits per heavy atom. The lowest BCUT2D eigenvalue weighted by Crippen LogP contribution is -2.36. The van der Waals surface area contributed by atoms with Crippen molar-refractivity contribution in [3.8, 4) is 0 Å². The van der Waals surface area contributed by atoms with Gasteiger partial charge < -0.3 is 10.6 Å². The lowest BCUT2D eigenvalue weighted by Gasteiger charge is -2.06.